The predicted molar refractivity (Wildman–Crippen MR) is 79.0 cm³/mol. The summed E-state index contributed by atoms with van der Waals surface area (Å²) in [6, 6.07) is 3.22. The van der Waals surface area contributed by atoms with Gasteiger partial charge >= 0.3 is 0 Å². The number of piperidine rings is 1. The van der Waals surface area contributed by atoms with Crippen LogP contribution >= 0.6 is 23.6 Å². The zero-order valence-electron chi connectivity index (χ0n) is 10.5. The molecule has 1 fully saturated rings. The summed E-state index contributed by atoms with van der Waals surface area (Å²) in [7, 11) is -1.77. The average Bonchev–Trinajstić information content (AvgIpc) is 2.89. The second kappa shape index (κ2) is 5.84. The largest absolute Gasteiger partial charge is 0.389 e. The van der Waals surface area contributed by atoms with Gasteiger partial charge in [-0.1, -0.05) is 12.2 Å². The number of thiocarbonyl (C=S) groups is 1. The zero-order valence-corrected chi connectivity index (χ0v) is 13.0. The lowest BCUT2D eigenvalue weighted by molar-refractivity contribution is 0.0605. The van der Waals surface area contributed by atoms with Crippen molar-refractivity contribution in [3.63, 3.8) is 0 Å². The lowest BCUT2D eigenvalue weighted by atomic mass is 10.1. The Morgan fingerprint density at radius 1 is 1.47 bits per heavy atom. The van der Waals surface area contributed by atoms with Gasteiger partial charge in [-0.15, -0.1) is 11.3 Å². The van der Waals surface area contributed by atoms with Gasteiger partial charge in [-0.2, -0.15) is 4.31 Å². The molecule has 0 amide bonds. The third-order valence-corrected chi connectivity index (χ3v) is 6.99. The van der Waals surface area contributed by atoms with Gasteiger partial charge in [0.15, 0.2) is 0 Å². The summed E-state index contributed by atoms with van der Waals surface area (Å²) in [5.41, 5.74) is 5.50. The SMILES string of the molecule is COC1CCN(S(=O)(=O)c2ccc(C(N)=S)s2)CC1. The summed E-state index contributed by atoms with van der Waals surface area (Å²) < 4.78 is 31.9. The summed E-state index contributed by atoms with van der Waals surface area (Å²) in [5, 5.41) is 0. The van der Waals surface area contributed by atoms with E-state index in [4.69, 9.17) is 22.7 Å². The van der Waals surface area contributed by atoms with Crippen molar-refractivity contribution in [2.45, 2.75) is 23.2 Å². The number of methoxy groups -OCH3 is 1. The highest BCUT2D eigenvalue weighted by Crippen LogP contribution is 2.27. The van der Waals surface area contributed by atoms with E-state index in [1.807, 2.05) is 0 Å². The van der Waals surface area contributed by atoms with Crippen LogP contribution in [0, 0.1) is 0 Å². The second-order valence-corrected chi connectivity index (χ2v) is 8.01. The minimum atomic E-state index is -3.43. The van der Waals surface area contributed by atoms with E-state index in [-0.39, 0.29) is 11.1 Å². The molecule has 0 atom stereocenters. The highest BCUT2D eigenvalue weighted by Gasteiger charge is 2.30. The van der Waals surface area contributed by atoms with E-state index < -0.39 is 10.0 Å². The number of thiophene rings is 1. The van der Waals surface area contributed by atoms with Crippen LogP contribution in [0.1, 0.15) is 17.7 Å². The maximum atomic E-state index is 12.4. The minimum Gasteiger partial charge on any atom is -0.389 e. The molecule has 19 heavy (non-hydrogen) atoms. The van der Waals surface area contributed by atoms with E-state index in [0.717, 1.165) is 24.2 Å². The van der Waals surface area contributed by atoms with E-state index >= 15 is 0 Å². The molecule has 0 bridgehead atoms. The molecule has 106 valence electrons. The molecule has 0 radical (unpaired) electrons. The lowest BCUT2D eigenvalue weighted by Gasteiger charge is -2.29. The van der Waals surface area contributed by atoms with Crippen LogP contribution in [0.25, 0.3) is 0 Å². The van der Waals surface area contributed by atoms with Crippen LogP contribution in [-0.4, -0.2) is 44.0 Å². The number of ether oxygens (including phenoxy) is 1. The number of hydrogen-bond donors (Lipinski definition) is 1. The topological polar surface area (TPSA) is 72.6 Å². The zero-order chi connectivity index (χ0) is 14.0. The molecule has 1 saturated heterocycles. The Morgan fingerprint density at radius 2 is 2.11 bits per heavy atom. The first-order chi connectivity index (χ1) is 8.95. The van der Waals surface area contributed by atoms with Crippen LogP contribution in [0.3, 0.4) is 0 Å². The molecule has 2 rings (SSSR count). The van der Waals surface area contributed by atoms with Gasteiger partial charge in [-0.25, -0.2) is 8.42 Å². The van der Waals surface area contributed by atoms with Crippen molar-refractivity contribution >= 4 is 38.6 Å². The van der Waals surface area contributed by atoms with E-state index in [9.17, 15) is 8.42 Å². The van der Waals surface area contributed by atoms with Crippen molar-refractivity contribution in [3.05, 3.63) is 17.0 Å². The molecule has 0 saturated carbocycles. The molecule has 0 unspecified atom stereocenters. The number of rotatable bonds is 4. The molecule has 1 aromatic heterocycles. The van der Waals surface area contributed by atoms with E-state index in [1.165, 1.54) is 4.31 Å². The van der Waals surface area contributed by atoms with Gasteiger partial charge < -0.3 is 10.5 Å². The van der Waals surface area contributed by atoms with Crippen molar-refractivity contribution in [3.8, 4) is 0 Å². The summed E-state index contributed by atoms with van der Waals surface area (Å²) in [5.74, 6) is 0. The Balaban J connectivity index is 2.16. The molecule has 0 spiro atoms. The van der Waals surface area contributed by atoms with Crippen molar-refractivity contribution in [1.82, 2.24) is 4.31 Å². The van der Waals surface area contributed by atoms with E-state index in [1.54, 1.807) is 19.2 Å². The van der Waals surface area contributed by atoms with Crippen molar-refractivity contribution in [2.24, 2.45) is 5.73 Å². The average molecular weight is 320 g/mol. The highest BCUT2D eigenvalue weighted by atomic mass is 32.2. The fourth-order valence-electron chi connectivity index (χ4n) is 2.03. The lowest BCUT2D eigenvalue weighted by Crippen LogP contribution is -2.40. The molecule has 1 aliphatic heterocycles. The summed E-state index contributed by atoms with van der Waals surface area (Å²) >= 11 is 5.97. The molecular formula is C11H16N2O3S3. The fourth-order valence-corrected chi connectivity index (χ4v) is 5.00. The standard InChI is InChI=1S/C11H16N2O3S3/c1-16-8-4-6-13(7-5-8)19(14,15)10-3-2-9(18-10)11(12)17/h2-3,8H,4-7H2,1H3,(H2,12,17). The van der Waals surface area contributed by atoms with Crippen LogP contribution in [0.4, 0.5) is 0 Å². The van der Waals surface area contributed by atoms with Gasteiger partial charge in [0.05, 0.1) is 11.0 Å². The summed E-state index contributed by atoms with van der Waals surface area (Å²) in [6.07, 6.45) is 1.61. The first kappa shape index (κ1) is 14.9. The van der Waals surface area contributed by atoms with Gasteiger partial charge in [0.1, 0.15) is 9.20 Å². The molecule has 8 heteroatoms. The van der Waals surface area contributed by atoms with Gasteiger partial charge in [0.25, 0.3) is 10.0 Å². The Morgan fingerprint density at radius 3 is 2.58 bits per heavy atom. The maximum absolute atomic E-state index is 12.4. The summed E-state index contributed by atoms with van der Waals surface area (Å²) in [4.78, 5) is 0.852. The summed E-state index contributed by atoms with van der Waals surface area (Å²) in [6.45, 7) is 0.974. The van der Waals surface area contributed by atoms with Crippen molar-refractivity contribution in [1.29, 1.82) is 0 Å². The van der Waals surface area contributed by atoms with Crippen LogP contribution < -0.4 is 5.73 Å². The van der Waals surface area contributed by atoms with Crippen LogP contribution in [-0.2, 0) is 14.8 Å². The normalized spacial score (nSPS) is 18.6. The van der Waals surface area contributed by atoms with E-state index in [0.29, 0.717) is 22.2 Å². The Labute approximate surface area is 122 Å². The van der Waals surface area contributed by atoms with Gasteiger partial charge in [-0.05, 0) is 25.0 Å². The van der Waals surface area contributed by atoms with Gasteiger partial charge in [-0.3, -0.25) is 0 Å². The molecular weight excluding hydrogens is 304 g/mol. The Hall–Kier alpha value is -0.540. The van der Waals surface area contributed by atoms with Crippen LogP contribution in [0.5, 0.6) is 0 Å². The molecule has 1 aliphatic rings. The number of hydrogen-bond acceptors (Lipinski definition) is 5. The van der Waals surface area contributed by atoms with E-state index in [2.05, 4.69) is 0 Å². The predicted octanol–water partition coefficient (Wildman–Crippen LogP) is 1.18. The second-order valence-electron chi connectivity index (χ2n) is 4.32. The third kappa shape index (κ3) is 3.14. The quantitative estimate of drug-likeness (QED) is 0.844. The smallest absolute Gasteiger partial charge is 0.252 e. The minimum absolute atomic E-state index is 0.155. The first-order valence-corrected chi connectivity index (χ1v) is 8.54. The van der Waals surface area contributed by atoms with Crippen LogP contribution in [0.15, 0.2) is 16.3 Å². The molecule has 1 aromatic rings. The van der Waals surface area contributed by atoms with Crippen molar-refractivity contribution < 1.29 is 13.2 Å². The van der Waals surface area contributed by atoms with Crippen molar-refractivity contribution in [2.75, 3.05) is 20.2 Å². The molecule has 0 aromatic carbocycles. The monoisotopic (exact) mass is 320 g/mol. The maximum Gasteiger partial charge on any atom is 0.252 e. The number of sulfonamides is 1. The van der Waals surface area contributed by atoms with Gasteiger partial charge in [0, 0.05) is 20.2 Å². The third-order valence-electron chi connectivity index (χ3n) is 3.15. The molecule has 5 nitrogen and oxygen atoms in total. The first-order valence-electron chi connectivity index (χ1n) is 5.87. The van der Waals surface area contributed by atoms with Gasteiger partial charge in [0.2, 0.25) is 0 Å². The number of nitrogens with zero attached hydrogens (tertiary/aromatic N) is 1. The Kier molecular flexibility index (Phi) is 4.57. The highest BCUT2D eigenvalue weighted by molar-refractivity contribution is 7.91. The fraction of sp³-hybridized carbons (Fsp3) is 0.545. The molecule has 2 heterocycles. The number of nitrogens with two attached hydrogens (primary N) is 1. The molecule has 2 N–H and O–H groups in total. The van der Waals surface area contributed by atoms with Crippen LogP contribution in [0.2, 0.25) is 0 Å². The Bertz CT molecular complexity index is 559. The molecule has 0 aliphatic carbocycles.